The van der Waals surface area contributed by atoms with Crippen LogP contribution in [0.15, 0.2) is 0 Å². The molecule has 2 rings (SSSR count). The molecule has 2 amide bonds. The number of carboxylic acid groups (broad SMARTS) is 1. The summed E-state index contributed by atoms with van der Waals surface area (Å²) in [6.45, 7) is 3.23. The minimum Gasteiger partial charge on any atom is -0.481 e. The number of aliphatic carboxylic acids is 1. The summed E-state index contributed by atoms with van der Waals surface area (Å²) >= 11 is 0. The van der Waals surface area contributed by atoms with Crippen molar-refractivity contribution in [2.24, 2.45) is 11.8 Å². The first-order chi connectivity index (χ1) is 9.41. The van der Waals surface area contributed by atoms with Crippen molar-refractivity contribution in [3.63, 3.8) is 0 Å². The van der Waals surface area contributed by atoms with Crippen molar-refractivity contribution in [3.8, 4) is 0 Å². The molecule has 4 atom stereocenters. The summed E-state index contributed by atoms with van der Waals surface area (Å²) in [5.74, 6) is -1.44. The van der Waals surface area contributed by atoms with Gasteiger partial charge in [0.2, 0.25) is 0 Å². The molecule has 2 aliphatic rings. The number of rotatable bonds is 2. The molecule has 2 saturated heterocycles. The maximum absolute atomic E-state index is 12.4. The number of carbonyl (C=O) groups is 2. The third-order valence-electron chi connectivity index (χ3n) is 4.36. The first-order valence-corrected chi connectivity index (χ1v) is 6.92. The second kappa shape index (κ2) is 5.97. The molecule has 20 heavy (non-hydrogen) atoms. The van der Waals surface area contributed by atoms with E-state index >= 15 is 0 Å². The Kier molecular flexibility index (Phi) is 4.49. The Bertz CT molecular complexity index is 389. The highest BCUT2D eigenvalue weighted by Gasteiger charge is 2.40. The number of ether oxygens (including phenoxy) is 1. The summed E-state index contributed by atoms with van der Waals surface area (Å²) in [5.41, 5.74) is 0. The highest BCUT2D eigenvalue weighted by Crippen LogP contribution is 2.22. The van der Waals surface area contributed by atoms with Gasteiger partial charge >= 0.3 is 12.0 Å². The number of hydrogen-bond donors (Lipinski definition) is 2. The largest absolute Gasteiger partial charge is 0.481 e. The van der Waals surface area contributed by atoms with E-state index in [2.05, 4.69) is 0 Å². The number of nitrogens with zero attached hydrogens (tertiary/aromatic N) is 2. The van der Waals surface area contributed by atoms with Crippen LogP contribution in [-0.2, 0) is 9.53 Å². The Morgan fingerprint density at radius 1 is 1.35 bits per heavy atom. The van der Waals surface area contributed by atoms with Crippen molar-refractivity contribution < 1.29 is 24.5 Å². The Hall–Kier alpha value is -1.34. The number of aliphatic hydroxyl groups excluding tert-OH is 1. The van der Waals surface area contributed by atoms with E-state index in [1.807, 2.05) is 6.92 Å². The number of likely N-dealkylation sites (tertiary alicyclic amines) is 1. The molecule has 0 spiro atoms. The first kappa shape index (κ1) is 15.1. The molecule has 0 aromatic heterocycles. The van der Waals surface area contributed by atoms with Crippen LogP contribution in [0.25, 0.3) is 0 Å². The minimum absolute atomic E-state index is 0.136. The van der Waals surface area contributed by atoms with Crippen LogP contribution in [0.1, 0.15) is 13.3 Å². The van der Waals surface area contributed by atoms with Gasteiger partial charge in [-0.15, -0.1) is 0 Å². The summed E-state index contributed by atoms with van der Waals surface area (Å²) in [7, 11) is 1.60. The van der Waals surface area contributed by atoms with E-state index < -0.39 is 24.0 Å². The van der Waals surface area contributed by atoms with Gasteiger partial charge in [-0.2, -0.15) is 0 Å². The number of carboxylic acids is 1. The van der Waals surface area contributed by atoms with Crippen LogP contribution in [0.2, 0.25) is 0 Å². The number of amides is 2. The van der Waals surface area contributed by atoms with Crippen molar-refractivity contribution >= 4 is 12.0 Å². The van der Waals surface area contributed by atoms with E-state index in [1.165, 1.54) is 4.90 Å². The predicted molar refractivity (Wildman–Crippen MR) is 70.3 cm³/mol. The van der Waals surface area contributed by atoms with Gasteiger partial charge in [0.15, 0.2) is 0 Å². The topological polar surface area (TPSA) is 90.3 Å². The lowest BCUT2D eigenvalue weighted by Crippen LogP contribution is -2.54. The Morgan fingerprint density at radius 2 is 2.05 bits per heavy atom. The maximum atomic E-state index is 12.4. The molecular formula is C13H22N2O5. The van der Waals surface area contributed by atoms with Crippen molar-refractivity contribution in [2.45, 2.75) is 25.5 Å². The molecule has 0 bridgehead atoms. The monoisotopic (exact) mass is 286 g/mol. The molecule has 0 saturated carbocycles. The number of likely N-dealkylation sites (N-methyl/N-ethyl adjacent to an activating group) is 1. The third-order valence-corrected chi connectivity index (χ3v) is 4.36. The van der Waals surface area contributed by atoms with Crippen molar-refractivity contribution in [1.29, 1.82) is 0 Å². The number of piperidine rings is 1. The second-order valence-corrected chi connectivity index (χ2v) is 5.72. The molecule has 0 aromatic carbocycles. The zero-order chi connectivity index (χ0) is 14.9. The average molecular weight is 286 g/mol. The summed E-state index contributed by atoms with van der Waals surface area (Å²) in [4.78, 5) is 26.6. The Labute approximate surface area is 118 Å². The molecule has 2 heterocycles. The number of hydrogen-bond acceptors (Lipinski definition) is 4. The highest BCUT2D eigenvalue weighted by atomic mass is 16.5. The van der Waals surface area contributed by atoms with Gasteiger partial charge in [0, 0.05) is 20.1 Å². The fraction of sp³-hybridized carbons (Fsp3) is 0.846. The van der Waals surface area contributed by atoms with Gasteiger partial charge in [0.25, 0.3) is 0 Å². The lowest BCUT2D eigenvalue weighted by Gasteiger charge is -2.38. The standard InChI is InChI=1S/C13H22N2O5/c1-8-3-4-15(5-11(8)16)13(19)14(2)10-7-20-6-9(10)12(17)18/h8-11,16H,3-7H2,1-2H3,(H,17,18). The van der Waals surface area contributed by atoms with Crippen molar-refractivity contribution in [2.75, 3.05) is 33.4 Å². The molecule has 4 unspecified atom stereocenters. The van der Waals surface area contributed by atoms with Gasteiger partial charge < -0.3 is 24.7 Å². The molecule has 7 heteroatoms. The van der Waals surface area contributed by atoms with Gasteiger partial charge in [-0.25, -0.2) is 4.79 Å². The third kappa shape index (κ3) is 2.88. The molecule has 0 aliphatic carbocycles. The predicted octanol–water partition coefficient (Wildman–Crippen LogP) is -0.159. The molecule has 114 valence electrons. The van der Waals surface area contributed by atoms with E-state index in [4.69, 9.17) is 9.84 Å². The SMILES string of the molecule is CC1CCN(C(=O)N(C)C2COCC2C(=O)O)CC1O. The lowest BCUT2D eigenvalue weighted by molar-refractivity contribution is -0.142. The maximum Gasteiger partial charge on any atom is 0.320 e. The van der Waals surface area contributed by atoms with Crippen LogP contribution in [0.5, 0.6) is 0 Å². The summed E-state index contributed by atoms with van der Waals surface area (Å²) in [5, 5.41) is 19.0. The van der Waals surface area contributed by atoms with E-state index in [9.17, 15) is 14.7 Å². The van der Waals surface area contributed by atoms with Crippen LogP contribution >= 0.6 is 0 Å². The first-order valence-electron chi connectivity index (χ1n) is 6.92. The molecule has 0 aromatic rings. The lowest BCUT2D eigenvalue weighted by atomic mass is 9.96. The van der Waals surface area contributed by atoms with E-state index in [1.54, 1.807) is 11.9 Å². The fourth-order valence-corrected chi connectivity index (χ4v) is 2.75. The smallest absolute Gasteiger partial charge is 0.320 e. The van der Waals surface area contributed by atoms with Crippen LogP contribution in [-0.4, -0.2) is 77.5 Å². The van der Waals surface area contributed by atoms with Gasteiger partial charge in [-0.1, -0.05) is 6.92 Å². The average Bonchev–Trinajstić information content (AvgIpc) is 2.89. The fourth-order valence-electron chi connectivity index (χ4n) is 2.75. The Morgan fingerprint density at radius 3 is 2.65 bits per heavy atom. The second-order valence-electron chi connectivity index (χ2n) is 5.72. The zero-order valence-corrected chi connectivity index (χ0v) is 11.9. The van der Waals surface area contributed by atoms with E-state index in [0.717, 1.165) is 6.42 Å². The van der Waals surface area contributed by atoms with Crippen LogP contribution in [0.4, 0.5) is 4.79 Å². The number of aliphatic hydroxyl groups is 1. The normalized spacial score (nSPS) is 34.0. The van der Waals surface area contributed by atoms with Crippen LogP contribution < -0.4 is 0 Å². The van der Waals surface area contributed by atoms with Crippen LogP contribution in [0, 0.1) is 11.8 Å². The van der Waals surface area contributed by atoms with E-state index in [0.29, 0.717) is 13.1 Å². The van der Waals surface area contributed by atoms with Crippen molar-refractivity contribution in [1.82, 2.24) is 9.80 Å². The molecule has 0 radical (unpaired) electrons. The number of β-amino-alcohol motifs (C(OH)–C–C–N with tert-alkyl or cyclic N) is 1. The summed E-state index contributed by atoms with van der Waals surface area (Å²) in [6.07, 6.45) is 0.237. The summed E-state index contributed by atoms with van der Waals surface area (Å²) < 4.78 is 5.19. The Balaban J connectivity index is 2.00. The number of carbonyl (C=O) groups excluding carboxylic acids is 1. The van der Waals surface area contributed by atoms with Gasteiger partial charge in [0.1, 0.15) is 5.92 Å². The van der Waals surface area contributed by atoms with E-state index in [-0.39, 0.29) is 25.2 Å². The quantitative estimate of drug-likeness (QED) is 0.736. The van der Waals surface area contributed by atoms with Gasteiger partial charge in [-0.3, -0.25) is 4.79 Å². The minimum atomic E-state index is -0.945. The number of urea groups is 1. The molecule has 2 aliphatic heterocycles. The molecule has 2 N–H and O–H groups in total. The molecule has 2 fully saturated rings. The van der Waals surface area contributed by atoms with Crippen LogP contribution in [0.3, 0.4) is 0 Å². The molecular weight excluding hydrogens is 264 g/mol. The summed E-state index contributed by atoms with van der Waals surface area (Å²) in [6, 6.07) is -0.686. The zero-order valence-electron chi connectivity index (χ0n) is 11.9. The van der Waals surface area contributed by atoms with Gasteiger partial charge in [0.05, 0.1) is 25.4 Å². The van der Waals surface area contributed by atoms with Gasteiger partial charge in [-0.05, 0) is 12.3 Å². The van der Waals surface area contributed by atoms with Crippen molar-refractivity contribution in [3.05, 3.63) is 0 Å². The molecule has 7 nitrogen and oxygen atoms in total. The highest BCUT2D eigenvalue weighted by molar-refractivity contribution is 5.77.